The molecule has 2 aliphatic rings. The summed E-state index contributed by atoms with van der Waals surface area (Å²) in [6.45, 7) is 6.68. The molecular formula is C20H31ClN2O2. The number of halogens is 1. The van der Waals surface area contributed by atoms with Gasteiger partial charge in [0.1, 0.15) is 5.75 Å². The Hall–Kier alpha value is -1.26. The third-order valence-corrected chi connectivity index (χ3v) is 5.47. The molecule has 0 aromatic heterocycles. The van der Waals surface area contributed by atoms with E-state index in [1.807, 2.05) is 24.1 Å². The van der Waals surface area contributed by atoms with Gasteiger partial charge in [0, 0.05) is 25.2 Å². The molecule has 0 radical (unpaired) electrons. The number of nitrogens with zero attached hydrogens (tertiary/aromatic N) is 1. The molecule has 2 fully saturated rings. The van der Waals surface area contributed by atoms with Crippen molar-refractivity contribution < 1.29 is 9.53 Å². The van der Waals surface area contributed by atoms with Crippen molar-refractivity contribution in [2.75, 3.05) is 13.7 Å². The van der Waals surface area contributed by atoms with Crippen molar-refractivity contribution in [2.24, 2.45) is 0 Å². The van der Waals surface area contributed by atoms with Crippen molar-refractivity contribution in [1.82, 2.24) is 10.2 Å². The SMILES string of the molecule is CN(C(=O)COc1ccc(C(C)(C)C)cc1)C1CC2CCC(C1)N2.Cl. The molecule has 2 bridgehead atoms. The minimum Gasteiger partial charge on any atom is -0.484 e. The molecule has 2 heterocycles. The second-order valence-corrected chi connectivity index (χ2v) is 8.33. The molecule has 3 rings (SSSR count). The Morgan fingerprint density at radius 2 is 1.72 bits per heavy atom. The lowest BCUT2D eigenvalue weighted by Gasteiger charge is -2.35. The fraction of sp³-hybridized carbons (Fsp3) is 0.650. The van der Waals surface area contributed by atoms with Crippen LogP contribution in [0, 0.1) is 0 Å². The molecule has 1 aromatic rings. The topological polar surface area (TPSA) is 41.6 Å². The Morgan fingerprint density at radius 3 is 2.24 bits per heavy atom. The van der Waals surface area contributed by atoms with Crippen LogP contribution in [0.15, 0.2) is 24.3 Å². The number of hydrogen-bond acceptors (Lipinski definition) is 3. The van der Waals surface area contributed by atoms with Crippen molar-refractivity contribution >= 4 is 18.3 Å². The number of nitrogens with one attached hydrogen (secondary N) is 1. The van der Waals surface area contributed by atoms with Crippen molar-refractivity contribution in [3.05, 3.63) is 29.8 Å². The van der Waals surface area contributed by atoms with E-state index in [2.05, 4.69) is 38.2 Å². The predicted octanol–water partition coefficient (Wildman–Crippen LogP) is 3.53. The Kier molecular flexibility index (Phi) is 6.39. The standard InChI is InChI=1S/C20H30N2O2.ClH/c1-20(2,3)14-5-9-18(10-6-14)24-13-19(23)22(4)17-11-15-7-8-16(12-17)21-15;/h5-6,9-10,15-17,21H,7-8,11-13H2,1-4H3;1H. The first-order valence-corrected chi connectivity index (χ1v) is 9.08. The smallest absolute Gasteiger partial charge is 0.260 e. The van der Waals surface area contributed by atoms with E-state index in [4.69, 9.17) is 4.74 Å². The van der Waals surface area contributed by atoms with Gasteiger partial charge in [-0.05, 0) is 48.8 Å². The summed E-state index contributed by atoms with van der Waals surface area (Å²) in [6, 6.07) is 9.60. The van der Waals surface area contributed by atoms with Crippen LogP contribution in [0.25, 0.3) is 0 Å². The fourth-order valence-electron chi connectivity index (χ4n) is 3.85. The van der Waals surface area contributed by atoms with E-state index in [1.165, 1.54) is 18.4 Å². The van der Waals surface area contributed by atoms with E-state index in [1.54, 1.807) is 0 Å². The van der Waals surface area contributed by atoms with E-state index in [0.29, 0.717) is 18.1 Å². The number of amides is 1. The Balaban J connectivity index is 0.00000225. The molecule has 5 heteroatoms. The summed E-state index contributed by atoms with van der Waals surface area (Å²) in [5.41, 5.74) is 1.40. The maximum absolute atomic E-state index is 12.5. The summed E-state index contributed by atoms with van der Waals surface area (Å²) >= 11 is 0. The number of carbonyl (C=O) groups excluding carboxylic acids is 1. The zero-order valence-electron chi connectivity index (χ0n) is 15.7. The first kappa shape index (κ1) is 20.1. The van der Waals surface area contributed by atoms with E-state index in [9.17, 15) is 4.79 Å². The van der Waals surface area contributed by atoms with Gasteiger partial charge in [-0.1, -0.05) is 32.9 Å². The lowest BCUT2D eigenvalue weighted by molar-refractivity contribution is -0.134. The van der Waals surface area contributed by atoms with Gasteiger partial charge in [0.2, 0.25) is 0 Å². The Bertz CT molecular complexity index is 570. The molecule has 4 nitrogen and oxygen atoms in total. The van der Waals surface area contributed by atoms with Crippen LogP contribution in [-0.2, 0) is 10.2 Å². The van der Waals surface area contributed by atoms with Gasteiger partial charge in [-0.2, -0.15) is 0 Å². The zero-order chi connectivity index (χ0) is 17.3. The van der Waals surface area contributed by atoms with Crippen molar-refractivity contribution in [1.29, 1.82) is 0 Å². The largest absolute Gasteiger partial charge is 0.484 e. The highest BCUT2D eigenvalue weighted by atomic mass is 35.5. The number of carbonyl (C=O) groups is 1. The summed E-state index contributed by atoms with van der Waals surface area (Å²) < 4.78 is 5.71. The van der Waals surface area contributed by atoms with Gasteiger partial charge in [-0.25, -0.2) is 0 Å². The van der Waals surface area contributed by atoms with Crippen LogP contribution >= 0.6 is 12.4 Å². The molecule has 1 amide bonds. The number of hydrogen-bond donors (Lipinski definition) is 1. The Morgan fingerprint density at radius 1 is 1.16 bits per heavy atom. The summed E-state index contributed by atoms with van der Waals surface area (Å²) in [5, 5.41) is 3.62. The highest BCUT2D eigenvalue weighted by Crippen LogP contribution is 2.29. The molecule has 0 aliphatic carbocycles. The number of piperidine rings is 1. The van der Waals surface area contributed by atoms with Crippen molar-refractivity contribution in [3.8, 4) is 5.75 Å². The number of fused-ring (bicyclic) bond motifs is 2. The van der Waals surface area contributed by atoms with Gasteiger partial charge >= 0.3 is 0 Å². The molecular weight excluding hydrogens is 336 g/mol. The summed E-state index contributed by atoms with van der Waals surface area (Å²) in [5.74, 6) is 0.830. The lowest BCUT2D eigenvalue weighted by Crippen LogP contribution is -2.49. The molecule has 1 N–H and O–H groups in total. The molecule has 2 atom stereocenters. The van der Waals surface area contributed by atoms with E-state index in [-0.39, 0.29) is 30.3 Å². The minimum absolute atomic E-state index is 0. The number of ether oxygens (including phenoxy) is 1. The van der Waals surface area contributed by atoms with E-state index in [0.717, 1.165) is 18.6 Å². The van der Waals surface area contributed by atoms with E-state index < -0.39 is 0 Å². The molecule has 2 aliphatic heterocycles. The summed E-state index contributed by atoms with van der Waals surface area (Å²) in [7, 11) is 1.92. The highest BCUT2D eigenvalue weighted by Gasteiger charge is 2.36. The quantitative estimate of drug-likeness (QED) is 0.886. The summed E-state index contributed by atoms with van der Waals surface area (Å²) in [4.78, 5) is 14.4. The van der Waals surface area contributed by atoms with Gasteiger partial charge in [0.05, 0.1) is 0 Å². The number of likely N-dealkylation sites (N-methyl/N-ethyl adjacent to an activating group) is 1. The third-order valence-electron chi connectivity index (χ3n) is 5.47. The molecule has 2 unspecified atom stereocenters. The van der Waals surface area contributed by atoms with Gasteiger partial charge in [-0.3, -0.25) is 4.79 Å². The van der Waals surface area contributed by atoms with Crippen LogP contribution < -0.4 is 10.1 Å². The molecule has 2 saturated heterocycles. The normalized spacial score (nSPS) is 25.2. The average Bonchev–Trinajstić information content (AvgIpc) is 2.89. The molecule has 0 spiro atoms. The summed E-state index contributed by atoms with van der Waals surface area (Å²) in [6.07, 6.45) is 4.64. The second-order valence-electron chi connectivity index (χ2n) is 8.33. The number of benzene rings is 1. The highest BCUT2D eigenvalue weighted by molar-refractivity contribution is 5.85. The molecule has 25 heavy (non-hydrogen) atoms. The lowest BCUT2D eigenvalue weighted by atomic mass is 9.87. The van der Waals surface area contributed by atoms with Crippen molar-refractivity contribution in [3.63, 3.8) is 0 Å². The maximum Gasteiger partial charge on any atom is 0.260 e. The van der Waals surface area contributed by atoms with Gasteiger partial charge in [0.25, 0.3) is 5.91 Å². The first-order valence-electron chi connectivity index (χ1n) is 9.08. The van der Waals surface area contributed by atoms with Gasteiger partial charge < -0.3 is 15.0 Å². The third kappa shape index (κ3) is 4.89. The van der Waals surface area contributed by atoms with E-state index >= 15 is 0 Å². The molecule has 140 valence electrons. The maximum atomic E-state index is 12.5. The van der Waals surface area contributed by atoms with Crippen LogP contribution in [-0.4, -0.2) is 42.6 Å². The van der Waals surface area contributed by atoms with Gasteiger partial charge in [0.15, 0.2) is 6.61 Å². The molecule has 0 saturated carbocycles. The molecule has 1 aromatic carbocycles. The second kappa shape index (κ2) is 7.96. The van der Waals surface area contributed by atoms with Gasteiger partial charge in [-0.15, -0.1) is 12.4 Å². The Labute approximate surface area is 157 Å². The van der Waals surface area contributed by atoms with Crippen LogP contribution in [0.2, 0.25) is 0 Å². The van der Waals surface area contributed by atoms with Crippen molar-refractivity contribution in [2.45, 2.75) is 70.0 Å². The number of rotatable bonds is 4. The minimum atomic E-state index is 0. The van der Waals surface area contributed by atoms with Crippen LogP contribution in [0.5, 0.6) is 5.75 Å². The van der Waals surface area contributed by atoms with Crippen LogP contribution in [0.4, 0.5) is 0 Å². The van der Waals surface area contributed by atoms with Crippen LogP contribution in [0.3, 0.4) is 0 Å². The predicted molar refractivity (Wildman–Crippen MR) is 104 cm³/mol. The monoisotopic (exact) mass is 366 g/mol. The first-order chi connectivity index (χ1) is 11.3. The fourth-order valence-corrected chi connectivity index (χ4v) is 3.85. The average molecular weight is 367 g/mol. The zero-order valence-corrected chi connectivity index (χ0v) is 16.6. The van der Waals surface area contributed by atoms with Crippen LogP contribution in [0.1, 0.15) is 52.0 Å².